The first kappa shape index (κ1) is 39.4. The van der Waals surface area contributed by atoms with Gasteiger partial charge in [0.25, 0.3) is 0 Å². The number of esters is 1. The smallest absolute Gasteiger partial charge is 0.410 e. The lowest BCUT2D eigenvalue weighted by Gasteiger charge is -2.41. The lowest BCUT2D eigenvalue weighted by atomic mass is 9.81. The van der Waals surface area contributed by atoms with E-state index in [1.54, 1.807) is 24.0 Å². The topological polar surface area (TPSA) is 81.2 Å². The molecule has 0 spiro atoms. The summed E-state index contributed by atoms with van der Waals surface area (Å²) >= 11 is 0. The molecule has 9 heteroatoms. The van der Waals surface area contributed by atoms with E-state index >= 15 is 0 Å². The van der Waals surface area contributed by atoms with Gasteiger partial charge in [-0.1, -0.05) is 80.6 Å². The van der Waals surface area contributed by atoms with Crippen molar-refractivity contribution >= 4 is 17.7 Å². The van der Waals surface area contributed by atoms with Crippen LogP contribution in [0.15, 0.2) is 78.9 Å². The van der Waals surface area contributed by atoms with Gasteiger partial charge in [0.2, 0.25) is 0 Å². The highest BCUT2D eigenvalue weighted by molar-refractivity contribution is 5.88. The number of pyridine rings is 1. The highest BCUT2D eigenvalue weighted by Gasteiger charge is 2.37. The maximum absolute atomic E-state index is 13.7. The quantitative estimate of drug-likeness (QED) is 0.135. The maximum atomic E-state index is 13.7. The van der Waals surface area contributed by atoms with E-state index in [4.69, 9.17) is 19.2 Å². The van der Waals surface area contributed by atoms with E-state index < -0.39 is 23.8 Å². The molecule has 0 aliphatic carbocycles. The summed E-state index contributed by atoms with van der Waals surface area (Å²) in [5.74, 6) is -0.769. The first-order valence-corrected chi connectivity index (χ1v) is 18.5. The van der Waals surface area contributed by atoms with Gasteiger partial charge in [-0.05, 0) is 94.2 Å². The Morgan fingerprint density at radius 1 is 0.849 bits per heavy atom. The normalized spacial score (nSPS) is 14.8. The van der Waals surface area contributed by atoms with E-state index in [-0.39, 0.29) is 37.5 Å². The van der Waals surface area contributed by atoms with Gasteiger partial charge >= 0.3 is 12.1 Å². The summed E-state index contributed by atoms with van der Waals surface area (Å²) in [6, 6.07) is 23.8. The third-order valence-electron chi connectivity index (χ3n) is 9.61. The van der Waals surface area contributed by atoms with Gasteiger partial charge in [0.05, 0.1) is 17.9 Å². The monoisotopic (exact) mass is 723 g/mol. The number of anilines is 1. The number of halogens is 1. The molecule has 53 heavy (non-hydrogen) atoms. The van der Waals surface area contributed by atoms with Gasteiger partial charge in [-0.15, -0.1) is 0 Å². The molecular formula is C44H54FN3O5. The summed E-state index contributed by atoms with van der Waals surface area (Å²) in [4.78, 5) is 36.2. The molecule has 3 aromatic carbocycles. The summed E-state index contributed by atoms with van der Waals surface area (Å²) in [7, 11) is 0. The fraction of sp³-hybridized carbons (Fsp3) is 0.432. The van der Waals surface area contributed by atoms with Crippen LogP contribution < -0.4 is 4.90 Å². The molecule has 0 unspecified atom stereocenters. The van der Waals surface area contributed by atoms with Crippen LogP contribution in [0.4, 0.5) is 14.9 Å². The fourth-order valence-electron chi connectivity index (χ4n) is 6.77. The molecule has 8 nitrogen and oxygen atoms in total. The summed E-state index contributed by atoms with van der Waals surface area (Å²) < 4.78 is 31.6. The molecule has 0 saturated carbocycles. The van der Waals surface area contributed by atoms with Crippen LogP contribution >= 0.6 is 0 Å². The van der Waals surface area contributed by atoms with Crippen molar-refractivity contribution in [3.05, 3.63) is 118 Å². The van der Waals surface area contributed by atoms with E-state index in [9.17, 15) is 14.0 Å². The second-order valence-electron chi connectivity index (χ2n) is 15.7. The SMILES string of the molecule is CCOC(=O)[C@@H](OC(C)(C)C)c1c(C)nc(C)c(-c2ccc(CN(Cc3ccc(F)cc3)C(=O)OCc3ccccc3)cc2)c1N1CCC(C)(C)CC1. The number of carbonyl (C=O) groups is 2. The standard InChI is InChI=1S/C44H54FN3O5/c1-9-51-41(49)40(53-43(4,5)6)38-31(3)46-30(2)37(39(38)47-25-23-44(7,8)24-26-47)35-19-15-32(16-20-35)27-48(28-33-17-21-36(45)22-18-33)42(50)52-29-34-13-11-10-12-14-34/h10-22,40H,9,23-29H2,1-8H3/t40-/m0/s1. The van der Waals surface area contributed by atoms with Crippen molar-refractivity contribution in [1.82, 2.24) is 9.88 Å². The van der Waals surface area contributed by atoms with E-state index in [0.29, 0.717) is 0 Å². The van der Waals surface area contributed by atoms with E-state index in [1.165, 1.54) is 12.1 Å². The predicted molar refractivity (Wildman–Crippen MR) is 207 cm³/mol. The van der Waals surface area contributed by atoms with Crippen LogP contribution in [0.3, 0.4) is 0 Å². The molecule has 0 N–H and O–H groups in total. The Bertz CT molecular complexity index is 1840. The predicted octanol–water partition coefficient (Wildman–Crippen LogP) is 9.89. The number of hydrogen-bond acceptors (Lipinski definition) is 7. The minimum absolute atomic E-state index is 0.142. The van der Waals surface area contributed by atoms with Crippen molar-refractivity contribution in [3.63, 3.8) is 0 Å². The van der Waals surface area contributed by atoms with Crippen molar-refractivity contribution < 1.29 is 28.2 Å². The fourth-order valence-corrected chi connectivity index (χ4v) is 6.77. The Kier molecular flexibility index (Phi) is 12.6. The number of aryl methyl sites for hydroxylation is 2. The molecule has 1 fully saturated rings. The van der Waals surface area contributed by atoms with Gasteiger partial charge in [-0.3, -0.25) is 9.88 Å². The second kappa shape index (κ2) is 16.9. The van der Waals surface area contributed by atoms with Gasteiger partial charge in [-0.25, -0.2) is 14.0 Å². The Hall–Kier alpha value is -4.76. The highest BCUT2D eigenvalue weighted by Crippen LogP contribution is 2.45. The average molecular weight is 724 g/mol. The van der Waals surface area contributed by atoms with Gasteiger partial charge in [0, 0.05) is 48.7 Å². The highest BCUT2D eigenvalue weighted by atomic mass is 19.1. The summed E-state index contributed by atoms with van der Waals surface area (Å²) in [5.41, 5.74) is 7.29. The van der Waals surface area contributed by atoms with Gasteiger partial charge in [0.1, 0.15) is 12.4 Å². The lowest BCUT2D eigenvalue weighted by molar-refractivity contribution is -0.166. The molecule has 1 aliphatic rings. The Labute approximate surface area is 314 Å². The Morgan fingerprint density at radius 3 is 2.00 bits per heavy atom. The third kappa shape index (κ3) is 10.4. The summed E-state index contributed by atoms with van der Waals surface area (Å²) in [6.45, 7) is 18.7. The maximum Gasteiger partial charge on any atom is 0.410 e. The van der Waals surface area contributed by atoms with Crippen LogP contribution in [-0.2, 0) is 38.7 Å². The van der Waals surface area contributed by atoms with Crippen LogP contribution in [-0.4, -0.2) is 47.2 Å². The van der Waals surface area contributed by atoms with Crippen LogP contribution in [0.25, 0.3) is 11.1 Å². The van der Waals surface area contributed by atoms with Crippen LogP contribution in [0.5, 0.6) is 0 Å². The average Bonchev–Trinajstić information content (AvgIpc) is 3.11. The molecule has 1 aliphatic heterocycles. The number of nitrogens with zero attached hydrogens (tertiary/aromatic N) is 3. The number of hydrogen-bond donors (Lipinski definition) is 0. The molecule has 1 amide bonds. The lowest BCUT2D eigenvalue weighted by Crippen LogP contribution is -2.39. The molecule has 0 radical (unpaired) electrons. The van der Waals surface area contributed by atoms with Crippen LogP contribution in [0.2, 0.25) is 0 Å². The van der Waals surface area contributed by atoms with Crippen LogP contribution in [0, 0.1) is 25.1 Å². The molecule has 5 rings (SSSR count). The zero-order valence-corrected chi connectivity index (χ0v) is 32.5. The number of carbonyl (C=O) groups excluding carboxylic acids is 2. The molecule has 1 atom stereocenters. The van der Waals surface area contributed by atoms with Crippen LogP contribution in [0.1, 0.15) is 94.1 Å². The number of ether oxygens (including phenoxy) is 3. The van der Waals surface area contributed by atoms with Crippen molar-refractivity contribution in [1.29, 1.82) is 0 Å². The number of piperidine rings is 1. The summed E-state index contributed by atoms with van der Waals surface area (Å²) in [6.07, 6.45) is 0.567. The molecule has 2 heterocycles. The van der Waals surface area contributed by atoms with Crippen molar-refractivity contribution in [2.24, 2.45) is 5.41 Å². The number of aromatic nitrogens is 1. The van der Waals surface area contributed by atoms with Crippen molar-refractivity contribution in [2.75, 3.05) is 24.6 Å². The number of amides is 1. The first-order chi connectivity index (χ1) is 25.1. The number of benzene rings is 3. The van der Waals surface area contributed by atoms with E-state index in [1.807, 2.05) is 89.2 Å². The van der Waals surface area contributed by atoms with E-state index in [2.05, 4.69) is 18.7 Å². The Balaban J connectivity index is 1.53. The Morgan fingerprint density at radius 2 is 1.43 bits per heavy atom. The molecule has 1 aromatic heterocycles. The van der Waals surface area contributed by atoms with Gasteiger partial charge < -0.3 is 19.1 Å². The van der Waals surface area contributed by atoms with Gasteiger partial charge in [-0.2, -0.15) is 0 Å². The molecule has 282 valence electrons. The van der Waals surface area contributed by atoms with Crippen molar-refractivity contribution in [3.8, 4) is 11.1 Å². The molecule has 1 saturated heterocycles. The zero-order chi connectivity index (χ0) is 38.3. The second-order valence-corrected chi connectivity index (χ2v) is 15.7. The van der Waals surface area contributed by atoms with Gasteiger partial charge in [0.15, 0.2) is 6.10 Å². The molecule has 0 bridgehead atoms. The zero-order valence-electron chi connectivity index (χ0n) is 32.5. The first-order valence-electron chi connectivity index (χ1n) is 18.5. The molecular weight excluding hydrogens is 669 g/mol. The minimum Gasteiger partial charge on any atom is -0.464 e. The number of rotatable bonds is 12. The third-order valence-corrected chi connectivity index (χ3v) is 9.61. The largest absolute Gasteiger partial charge is 0.464 e. The minimum atomic E-state index is -0.965. The van der Waals surface area contributed by atoms with E-state index in [0.717, 1.165) is 76.4 Å². The molecule has 4 aromatic rings. The summed E-state index contributed by atoms with van der Waals surface area (Å²) in [5, 5.41) is 0. The van der Waals surface area contributed by atoms with Crippen molar-refractivity contribution in [2.45, 2.75) is 99.6 Å².